The Morgan fingerprint density at radius 1 is 0.983 bits per heavy atom. The minimum Gasteiger partial charge on any atom is -0.507 e. The van der Waals surface area contributed by atoms with Gasteiger partial charge < -0.3 is 59.4 Å². The van der Waals surface area contributed by atoms with E-state index in [0.717, 1.165) is 0 Å². The number of phenols is 2. The number of nitrogens with zero attached hydrogens (tertiary/aromatic N) is 1. The number of hydrogen-bond donors (Lipinski definition) is 6. The van der Waals surface area contributed by atoms with Crippen LogP contribution in [-0.2, 0) is 28.6 Å². The number of esters is 1. The van der Waals surface area contributed by atoms with Gasteiger partial charge in [-0.3, -0.25) is 19.2 Å². The zero-order valence-corrected chi connectivity index (χ0v) is 34.6. The Bertz CT molecular complexity index is 1990. The summed E-state index contributed by atoms with van der Waals surface area (Å²) in [4.78, 5) is 54.3. The van der Waals surface area contributed by atoms with Crippen LogP contribution in [0.5, 0.6) is 23.0 Å². The number of fused-ring (bicyclic) bond motifs is 14. The van der Waals surface area contributed by atoms with E-state index in [1.165, 1.54) is 71.2 Å². The summed E-state index contributed by atoms with van der Waals surface area (Å²) in [6, 6.07) is 1.21. The maximum Gasteiger partial charge on any atom is 0.312 e. The fourth-order valence-electron chi connectivity index (χ4n) is 7.27. The number of ketones is 1. The Labute approximate surface area is 337 Å². The van der Waals surface area contributed by atoms with Gasteiger partial charge in [0.05, 0.1) is 47.8 Å². The van der Waals surface area contributed by atoms with Gasteiger partial charge in [-0.1, -0.05) is 45.9 Å². The molecule has 0 saturated carbocycles. The molecule has 0 unspecified atom stereocenters. The third kappa shape index (κ3) is 9.25. The van der Waals surface area contributed by atoms with Crippen LogP contribution < -0.4 is 14.8 Å². The molecule has 58 heavy (non-hydrogen) atoms. The number of aliphatic hydroxyl groups excluding tert-OH is 3. The second-order valence-electron chi connectivity index (χ2n) is 15.2. The maximum atomic E-state index is 14.4. The number of anilines is 1. The average molecular weight is 813 g/mol. The van der Waals surface area contributed by atoms with E-state index >= 15 is 0 Å². The van der Waals surface area contributed by atoms with Gasteiger partial charge in [-0.25, -0.2) is 0 Å². The first-order valence-electron chi connectivity index (χ1n) is 19.0. The third-order valence-electron chi connectivity index (χ3n) is 11.0. The molecule has 16 nitrogen and oxygen atoms in total. The number of aliphatic hydroxyl groups is 3. The van der Waals surface area contributed by atoms with E-state index in [2.05, 4.69) is 5.32 Å². The van der Waals surface area contributed by atoms with Crippen LogP contribution in [0.4, 0.5) is 5.69 Å². The van der Waals surface area contributed by atoms with Gasteiger partial charge in [0.25, 0.3) is 17.6 Å². The molecule has 2 aromatic carbocycles. The number of hydrogen-bond acceptors (Lipinski definition) is 14. The molecule has 5 rings (SSSR count). The number of aromatic hydroxyl groups is 2. The zero-order chi connectivity index (χ0) is 43.4. The highest BCUT2D eigenvalue weighted by atomic mass is 16.7. The van der Waals surface area contributed by atoms with E-state index < -0.39 is 95.5 Å². The van der Waals surface area contributed by atoms with E-state index in [4.69, 9.17) is 23.7 Å². The first-order chi connectivity index (χ1) is 27.2. The lowest BCUT2D eigenvalue weighted by Crippen LogP contribution is -2.46. The lowest BCUT2D eigenvalue weighted by atomic mass is 9.78. The predicted octanol–water partition coefficient (Wildman–Crippen LogP) is 3.88. The second-order valence-corrected chi connectivity index (χ2v) is 15.2. The molecule has 0 fully saturated rings. The van der Waals surface area contributed by atoms with Gasteiger partial charge in [0, 0.05) is 80.8 Å². The highest BCUT2D eigenvalue weighted by Gasteiger charge is 2.49. The second kappa shape index (κ2) is 18.6. The van der Waals surface area contributed by atoms with Crippen molar-refractivity contribution >= 4 is 40.0 Å². The molecule has 5 bridgehead atoms. The number of likely N-dealkylation sites (N-methyl/N-ethyl adjacent to an activating group) is 1. The normalized spacial score (nSPS) is 30.1. The lowest BCUT2D eigenvalue weighted by Gasteiger charge is -2.38. The van der Waals surface area contributed by atoms with Crippen molar-refractivity contribution < 1.29 is 68.4 Å². The summed E-state index contributed by atoms with van der Waals surface area (Å²) in [5.74, 6) is -8.51. The summed E-state index contributed by atoms with van der Waals surface area (Å²) < 4.78 is 29.5. The monoisotopic (exact) mass is 812 g/mol. The molecule has 2 aromatic rings. The Kier molecular flexibility index (Phi) is 14.6. The summed E-state index contributed by atoms with van der Waals surface area (Å²) in [5.41, 5.74) is -0.143. The molecular formula is C42H56N2O14. The molecular weight excluding hydrogens is 756 g/mol. The number of Topliss-reactive ketones (excluding diaryl/α,β-unsaturated/α-hetero) is 1. The first-order valence-corrected chi connectivity index (χ1v) is 19.0. The molecule has 0 saturated heterocycles. The minimum absolute atomic E-state index is 0.00958. The SMILES string of the molecule is CO[C@H]1/C=C/O[C@@]2(C)Oc3c(C)c(O)c4c(O)c(cc(OCC(=O)N(C)CCO)c4c3C2=O)NC(=O)/C(C)=C\C=C\[C@@H](C)[C@@H](O)[C@@H](C)[C@H](O)[C@@H](C)[C@H](OC(C)=O)[C@@H]1C. The average Bonchev–Trinajstić information content (AvgIpc) is 3.44. The lowest BCUT2D eigenvalue weighted by molar-refractivity contribution is -0.160. The van der Waals surface area contributed by atoms with Crippen LogP contribution in [-0.4, -0.2) is 118 Å². The molecule has 3 heterocycles. The van der Waals surface area contributed by atoms with Crippen molar-refractivity contribution in [3.8, 4) is 23.0 Å². The standard InChI is InChI=1S/C42H56N2O14/c1-20-12-11-13-21(2)41(53)43-27-18-29(55-19-30(47)44(9)15-16-45)31-32(37(27)51)36(50)25(6)39-33(31)40(52)42(8,58-39)56-17-14-28(54-10)22(3)38(57-26(7)46)24(5)35(49)23(4)34(20)48/h11-14,17-18,20,22-24,28,34-35,38,45,48-51H,15-16,19H2,1-10H3,(H,43,53)/b12-11+,17-14+,21-13-/t20-,22-,23-,24-,28+,34-,35+,38-,42+/m1/s1. The molecule has 2 amide bonds. The number of allylic oxidation sites excluding steroid dienone is 2. The van der Waals surface area contributed by atoms with E-state index in [9.17, 15) is 44.7 Å². The zero-order valence-electron chi connectivity index (χ0n) is 34.6. The van der Waals surface area contributed by atoms with Gasteiger partial charge in [0.15, 0.2) is 12.4 Å². The molecule has 3 aliphatic heterocycles. The number of ether oxygens (including phenoxy) is 5. The molecule has 16 heteroatoms. The van der Waals surface area contributed by atoms with Gasteiger partial charge >= 0.3 is 11.8 Å². The van der Waals surface area contributed by atoms with Gasteiger partial charge in [0.2, 0.25) is 0 Å². The Hall–Kier alpha value is -5.16. The van der Waals surface area contributed by atoms with Crippen molar-refractivity contribution in [1.29, 1.82) is 0 Å². The van der Waals surface area contributed by atoms with Crippen molar-refractivity contribution in [2.24, 2.45) is 23.7 Å². The van der Waals surface area contributed by atoms with Gasteiger partial charge in [0.1, 0.15) is 23.4 Å². The fraction of sp³-hybridized carbons (Fsp3) is 0.524. The molecule has 6 N–H and O–H groups in total. The highest BCUT2D eigenvalue weighted by molar-refractivity contribution is 6.21. The minimum atomic E-state index is -2.05. The van der Waals surface area contributed by atoms with Crippen molar-refractivity contribution in [3.05, 3.63) is 53.3 Å². The van der Waals surface area contributed by atoms with Crippen LogP contribution >= 0.6 is 0 Å². The van der Waals surface area contributed by atoms with Crippen LogP contribution in [0.3, 0.4) is 0 Å². The summed E-state index contributed by atoms with van der Waals surface area (Å²) in [6.07, 6.45) is 3.45. The third-order valence-corrected chi connectivity index (χ3v) is 11.0. The summed E-state index contributed by atoms with van der Waals surface area (Å²) in [5, 5.41) is 57.5. The highest BCUT2D eigenvalue weighted by Crippen LogP contribution is 2.54. The quantitative estimate of drug-likeness (QED) is 0.172. The number of amides is 2. The van der Waals surface area contributed by atoms with Crippen LogP contribution in [0.15, 0.2) is 42.2 Å². The number of rotatable bonds is 7. The molecule has 3 aliphatic rings. The number of carbonyl (C=O) groups is 4. The van der Waals surface area contributed by atoms with Crippen molar-refractivity contribution in [2.75, 3.05) is 39.2 Å². The van der Waals surface area contributed by atoms with Crippen LogP contribution in [0, 0.1) is 30.6 Å². The maximum absolute atomic E-state index is 14.4. The first kappa shape index (κ1) is 45.5. The number of phenolic OH excluding ortho intramolecular Hbond substituents is 2. The Morgan fingerprint density at radius 2 is 1.66 bits per heavy atom. The number of benzene rings is 2. The van der Waals surface area contributed by atoms with E-state index in [-0.39, 0.29) is 57.8 Å². The molecule has 0 aliphatic carbocycles. The predicted molar refractivity (Wildman–Crippen MR) is 212 cm³/mol. The molecule has 0 spiro atoms. The van der Waals surface area contributed by atoms with Gasteiger partial charge in [-0.15, -0.1) is 0 Å². The molecule has 318 valence electrons. The molecule has 9 atom stereocenters. The van der Waals surface area contributed by atoms with Crippen LogP contribution in [0.2, 0.25) is 0 Å². The van der Waals surface area contributed by atoms with Crippen molar-refractivity contribution in [1.82, 2.24) is 4.90 Å². The Morgan fingerprint density at radius 3 is 2.28 bits per heavy atom. The molecule has 0 radical (unpaired) electrons. The Balaban J connectivity index is 1.93. The molecule has 0 aromatic heterocycles. The van der Waals surface area contributed by atoms with Crippen molar-refractivity contribution in [3.63, 3.8) is 0 Å². The number of methoxy groups -OCH3 is 1. The number of nitrogens with one attached hydrogen (secondary N) is 1. The smallest absolute Gasteiger partial charge is 0.312 e. The van der Waals surface area contributed by atoms with Crippen molar-refractivity contribution in [2.45, 2.75) is 85.6 Å². The topological polar surface area (TPSA) is 231 Å². The largest absolute Gasteiger partial charge is 0.507 e. The van der Waals surface area contributed by atoms with Crippen LogP contribution in [0.1, 0.15) is 64.4 Å². The number of carbonyl (C=O) groups excluding carboxylic acids is 4. The van der Waals surface area contributed by atoms with E-state index in [1.807, 2.05) is 0 Å². The summed E-state index contributed by atoms with van der Waals surface area (Å²) in [6.45, 7) is 11.5. The van der Waals surface area contributed by atoms with Crippen LogP contribution in [0.25, 0.3) is 10.8 Å². The summed E-state index contributed by atoms with van der Waals surface area (Å²) >= 11 is 0. The van der Waals surface area contributed by atoms with Gasteiger partial charge in [-0.05, 0) is 19.9 Å². The van der Waals surface area contributed by atoms with E-state index in [1.54, 1.807) is 39.8 Å². The van der Waals surface area contributed by atoms with Gasteiger partial charge in [-0.2, -0.15) is 0 Å². The summed E-state index contributed by atoms with van der Waals surface area (Å²) in [7, 11) is 2.88. The fourth-order valence-corrected chi connectivity index (χ4v) is 7.27. The van der Waals surface area contributed by atoms with E-state index in [0.29, 0.717) is 0 Å².